The Hall–Kier alpha value is -1.44. The molecular formula is C14H19NO5S. The minimum atomic E-state index is -3.79. The molecule has 0 aliphatic carbocycles. The first-order valence-corrected chi connectivity index (χ1v) is 8.21. The number of benzene rings is 1. The van der Waals surface area contributed by atoms with E-state index in [9.17, 15) is 13.2 Å². The highest BCUT2D eigenvalue weighted by Gasteiger charge is 2.29. The van der Waals surface area contributed by atoms with E-state index < -0.39 is 16.0 Å². The summed E-state index contributed by atoms with van der Waals surface area (Å²) < 4.78 is 37.5. The van der Waals surface area contributed by atoms with Crippen LogP contribution in [-0.2, 0) is 19.5 Å². The second kappa shape index (κ2) is 6.55. The van der Waals surface area contributed by atoms with Gasteiger partial charge >= 0.3 is 5.97 Å². The van der Waals surface area contributed by atoms with Crippen LogP contribution in [-0.4, -0.2) is 40.8 Å². The molecule has 0 spiro atoms. The van der Waals surface area contributed by atoms with Crippen LogP contribution < -0.4 is 4.72 Å². The average Bonchev–Trinajstić information content (AvgIpc) is 3.00. The van der Waals surface area contributed by atoms with E-state index in [0.29, 0.717) is 13.2 Å². The number of hydrogen-bond acceptors (Lipinski definition) is 5. The largest absolute Gasteiger partial charge is 0.465 e. The standard InChI is InChI=1S/C14H19NO5S/c1-10(11-7-8-20-9-11)15-21(17,18)13-6-4-3-5-12(13)14(16)19-2/h3-6,10-11,15H,7-9H2,1-2H3. The highest BCUT2D eigenvalue weighted by Crippen LogP contribution is 2.21. The van der Waals surface area contributed by atoms with E-state index in [-0.39, 0.29) is 22.4 Å². The molecule has 1 aliphatic rings. The van der Waals surface area contributed by atoms with E-state index >= 15 is 0 Å². The van der Waals surface area contributed by atoms with Gasteiger partial charge in [0.05, 0.1) is 24.2 Å². The van der Waals surface area contributed by atoms with Crippen molar-refractivity contribution in [1.29, 1.82) is 0 Å². The van der Waals surface area contributed by atoms with E-state index in [1.54, 1.807) is 19.1 Å². The van der Waals surface area contributed by atoms with Crippen molar-refractivity contribution in [2.24, 2.45) is 5.92 Å². The van der Waals surface area contributed by atoms with E-state index in [0.717, 1.165) is 6.42 Å². The summed E-state index contributed by atoms with van der Waals surface area (Å²) >= 11 is 0. The molecule has 2 rings (SSSR count). The molecule has 0 aromatic heterocycles. The van der Waals surface area contributed by atoms with Crippen molar-refractivity contribution >= 4 is 16.0 Å². The summed E-state index contributed by atoms with van der Waals surface area (Å²) in [5.74, 6) is -0.530. The maximum Gasteiger partial charge on any atom is 0.339 e. The minimum Gasteiger partial charge on any atom is -0.465 e. The number of esters is 1. The third-order valence-corrected chi connectivity index (χ3v) is 5.21. The van der Waals surface area contributed by atoms with E-state index in [2.05, 4.69) is 9.46 Å². The maximum atomic E-state index is 12.5. The third-order valence-electron chi connectivity index (χ3n) is 3.59. The topological polar surface area (TPSA) is 81.7 Å². The fourth-order valence-corrected chi connectivity index (χ4v) is 3.84. The zero-order valence-electron chi connectivity index (χ0n) is 12.0. The Morgan fingerprint density at radius 3 is 2.76 bits per heavy atom. The van der Waals surface area contributed by atoms with E-state index in [1.165, 1.54) is 19.2 Å². The van der Waals surface area contributed by atoms with Crippen molar-refractivity contribution in [3.8, 4) is 0 Å². The van der Waals surface area contributed by atoms with Crippen molar-refractivity contribution in [2.45, 2.75) is 24.3 Å². The maximum absolute atomic E-state index is 12.5. The van der Waals surface area contributed by atoms with Gasteiger partial charge in [-0.1, -0.05) is 12.1 Å². The SMILES string of the molecule is COC(=O)c1ccccc1S(=O)(=O)NC(C)C1CCOC1. The molecule has 2 unspecified atom stereocenters. The van der Waals surface area contributed by atoms with Crippen molar-refractivity contribution in [3.05, 3.63) is 29.8 Å². The number of carbonyl (C=O) groups excluding carboxylic acids is 1. The Labute approximate surface area is 124 Å². The van der Waals surface area contributed by atoms with E-state index in [1.807, 2.05) is 0 Å². The smallest absolute Gasteiger partial charge is 0.339 e. The highest BCUT2D eigenvalue weighted by atomic mass is 32.2. The summed E-state index contributed by atoms with van der Waals surface area (Å²) in [6.07, 6.45) is 0.822. The lowest BCUT2D eigenvalue weighted by molar-refractivity contribution is 0.0596. The molecule has 1 saturated heterocycles. The lowest BCUT2D eigenvalue weighted by Crippen LogP contribution is -2.38. The zero-order valence-corrected chi connectivity index (χ0v) is 12.9. The zero-order chi connectivity index (χ0) is 15.5. The summed E-state index contributed by atoms with van der Waals surface area (Å²) in [5, 5.41) is 0. The van der Waals surface area contributed by atoms with Crippen LogP contribution in [0.5, 0.6) is 0 Å². The molecule has 1 aliphatic heterocycles. The lowest BCUT2D eigenvalue weighted by Gasteiger charge is -2.20. The number of nitrogens with one attached hydrogen (secondary N) is 1. The van der Waals surface area contributed by atoms with E-state index in [4.69, 9.17) is 4.74 Å². The molecule has 116 valence electrons. The predicted molar refractivity (Wildman–Crippen MR) is 76.5 cm³/mol. The molecule has 1 aromatic rings. The summed E-state index contributed by atoms with van der Waals surface area (Å²) in [5.41, 5.74) is 0.0300. The fraction of sp³-hybridized carbons (Fsp3) is 0.500. The molecule has 0 bridgehead atoms. The Morgan fingerprint density at radius 2 is 2.14 bits per heavy atom. The normalized spacial score (nSPS) is 20.2. The lowest BCUT2D eigenvalue weighted by atomic mass is 10.0. The van der Waals surface area contributed by atoms with Gasteiger partial charge in [-0.25, -0.2) is 17.9 Å². The van der Waals surface area contributed by atoms with Gasteiger partial charge in [-0.05, 0) is 25.5 Å². The van der Waals surface area contributed by atoms with Crippen molar-refractivity contribution in [1.82, 2.24) is 4.72 Å². The number of hydrogen-bond donors (Lipinski definition) is 1. The molecular weight excluding hydrogens is 294 g/mol. The second-order valence-corrected chi connectivity index (χ2v) is 6.70. The molecule has 1 heterocycles. The van der Waals surface area contributed by atoms with Crippen LogP contribution in [0.4, 0.5) is 0 Å². The molecule has 0 saturated carbocycles. The number of rotatable bonds is 5. The van der Waals surface area contributed by atoms with Gasteiger partial charge in [0.25, 0.3) is 0 Å². The van der Waals surface area contributed by atoms with Crippen LogP contribution in [0.25, 0.3) is 0 Å². The fourth-order valence-electron chi connectivity index (χ4n) is 2.33. The van der Waals surface area contributed by atoms with Crippen LogP contribution in [0.3, 0.4) is 0 Å². The number of ether oxygens (including phenoxy) is 2. The van der Waals surface area contributed by atoms with Gasteiger partial charge in [0.1, 0.15) is 0 Å². The van der Waals surface area contributed by atoms with Crippen molar-refractivity contribution < 1.29 is 22.7 Å². The highest BCUT2D eigenvalue weighted by molar-refractivity contribution is 7.89. The van der Waals surface area contributed by atoms with Crippen molar-refractivity contribution in [2.75, 3.05) is 20.3 Å². The average molecular weight is 313 g/mol. The quantitative estimate of drug-likeness (QED) is 0.825. The monoisotopic (exact) mass is 313 g/mol. The molecule has 1 N–H and O–H groups in total. The Morgan fingerprint density at radius 1 is 1.43 bits per heavy atom. The second-order valence-electron chi connectivity index (χ2n) is 5.02. The molecule has 21 heavy (non-hydrogen) atoms. The first-order valence-electron chi connectivity index (χ1n) is 6.73. The van der Waals surface area contributed by atoms with Gasteiger partial charge in [-0.3, -0.25) is 0 Å². The van der Waals surface area contributed by atoms with Gasteiger partial charge in [0, 0.05) is 18.6 Å². The molecule has 0 radical (unpaired) electrons. The predicted octanol–water partition coefficient (Wildman–Crippen LogP) is 1.18. The van der Waals surface area contributed by atoms with Crippen LogP contribution in [0.1, 0.15) is 23.7 Å². The van der Waals surface area contributed by atoms with Crippen LogP contribution >= 0.6 is 0 Å². The molecule has 0 amide bonds. The van der Waals surface area contributed by atoms with Gasteiger partial charge in [0.2, 0.25) is 10.0 Å². The molecule has 2 atom stereocenters. The summed E-state index contributed by atoms with van der Waals surface area (Å²) in [6, 6.07) is 5.74. The summed E-state index contributed by atoms with van der Waals surface area (Å²) in [4.78, 5) is 11.6. The Kier molecular flexibility index (Phi) is 4.97. The van der Waals surface area contributed by atoms with Crippen LogP contribution in [0, 0.1) is 5.92 Å². The van der Waals surface area contributed by atoms with Gasteiger partial charge in [0.15, 0.2) is 0 Å². The third kappa shape index (κ3) is 3.61. The Balaban J connectivity index is 2.25. The first-order chi connectivity index (χ1) is 9.95. The Bertz CT molecular complexity index is 608. The molecule has 1 aromatic carbocycles. The minimum absolute atomic E-state index is 0.0300. The first kappa shape index (κ1) is 15.9. The summed E-state index contributed by atoms with van der Waals surface area (Å²) in [6.45, 7) is 3.00. The number of carbonyl (C=O) groups is 1. The number of methoxy groups -OCH3 is 1. The van der Waals surface area contributed by atoms with Crippen LogP contribution in [0.2, 0.25) is 0 Å². The van der Waals surface area contributed by atoms with Crippen LogP contribution in [0.15, 0.2) is 29.2 Å². The molecule has 6 nitrogen and oxygen atoms in total. The van der Waals surface area contributed by atoms with Gasteiger partial charge in [-0.2, -0.15) is 0 Å². The molecule has 1 fully saturated rings. The molecule has 7 heteroatoms. The van der Waals surface area contributed by atoms with Crippen molar-refractivity contribution in [3.63, 3.8) is 0 Å². The number of sulfonamides is 1. The summed E-state index contributed by atoms with van der Waals surface area (Å²) in [7, 11) is -2.57. The van der Waals surface area contributed by atoms with Gasteiger partial charge in [-0.15, -0.1) is 0 Å². The van der Waals surface area contributed by atoms with Gasteiger partial charge < -0.3 is 9.47 Å².